The molecule has 0 amide bonds. The second-order valence-corrected chi connectivity index (χ2v) is 5.86. The summed E-state index contributed by atoms with van der Waals surface area (Å²) in [5, 5.41) is 6.27. The van der Waals surface area contributed by atoms with Crippen molar-refractivity contribution < 1.29 is 0 Å². The Bertz CT molecular complexity index is 541. The summed E-state index contributed by atoms with van der Waals surface area (Å²) in [6.45, 7) is 0. The van der Waals surface area contributed by atoms with Crippen molar-refractivity contribution in [1.82, 2.24) is 5.32 Å². The molecular weight excluding hydrogens is 230 g/mol. The number of hydrogen-bond donors (Lipinski definition) is 1. The standard InChI is InChI=1S/C18H23N/c1-19-17-10-4-6-14(13-17)12-16-9-5-8-15-7-2-3-11-18(15)16/h2-3,5,7-9,11,14,17,19H,4,6,10,12-13H2,1H3. The maximum Gasteiger partial charge on any atom is 0.00668 e. The minimum atomic E-state index is 0.730. The fourth-order valence-corrected chi connectivity index (χ4v) is 3.52. The van der Waals surface area contributed by atoms with E-state index in [-0.39, 0.29) is 0 Å². The van der Waals surface area contributed by atoms with Gasteiger partial charge in [-0.3, -0.25) is 0 Å². The van der Waals surface area contributed by atoms with Gasteiger partial charge in [-0.05, 0) is 48.6 Å². The molecule has 0 aliphatic heterocycles. The third-order valence-corrected chi connectivity index (χ3v) is 4.58. The molecule has 1 aliphatic carbocycles. The summed E-state index contributed by atoms with van der Waals surface area (Å²) in [5.74, 6) is 0.844. The molecule has 1 nitrogen and oxygen atoms in total. The molecule has 0 aromatic heterocycles. The lowest BCUT2D eigenvalue weighted by molar-refractivity contribution is 0.295. The smallest absolute Gasteiger partial charge is 0.00668 e. The highest BCUT2D eigenvalue weighted by atomic mass is 14.9. The molecule has 2 unspecified atom stereocenters. The van der Waals surface area contributed by atoms with Crippen molar-refractivity contribution in [2.24, 2.45) is 5.92 Å². The predicted molar refractivity (Wildman–Crippen MR) is 82.5 cm³/mol. The summed E-state index contributed by atoms with van der Waals surface area (Å²) in [6.07, 6.45) is 6.68. The molecule has 2 atom stereocenters. The van der Waals surface area contributed by atoms with Crippen molar-refractivity contribution in [3.8, 4) is 0 Å². The van der Waals surface area contributed by atoms with Crippen molar-refractivity contribution in [2.45, 2.75) is 38.1 Å². The summed E-state index contributed by atoms with van der Waals surface area (Å²) in [5.41, 5.74) is 1.53. The fraction of sp³-hybridized carbons (Fsp3) is 0.444. The molecule has 100 valence electrons. The van der Waals surface area contributed by atoms with Crippen molar-refractivity contribution in [2.75, 3.05) is 7.05 Å². The van der Waals surface area contributed by atoms with E-state index in [0.717, 1.165) is 12.0 Å². The number of fused-ring (bicyclic) bond motifs is 1. The summed E-state index contributed by atoms with van der Waals surface area (Å²) in [7, 11) is 2.10. The van der Waals surface area contributed by atoms with Crippen LogP contribution >= 0.6 is 0 Å². The van der Waals surface area contributed by atoms with Crippen LogP contribution < -0.4 is 5.32 Å². The first kappa shape index (κ1) is 12.7. The average molecular weight is 253 g/mol. The Labute approximate surface area is 116 Å². The lowest BCUT2D eigenvalue weighted by Gasteiger charge is -2.29. The minimum absolute atomic E-state index is 0.730. The Morgan fingerprint density at radius 1 is 1.05 bits per heavy atom. The molecule has 1 N–H and O–H groups in total. The van der Waals surface area contributed by atoms with Crippen LogP contribution in [0.15, 0.2) is 42.5 Å². The monoisotopic (exact) mass is 253 g/mol. The first-order valence-electron chi connectivity index (χ1n) is 7.50. The van der Waals surface area contributed by atoms with Gasteiger partial charge in [-0.25, -0.2) is 0 Å². The Kier molecular flexibility index (Phi) is 3.84. The Morgan fingerprint density at radius 3 is 2.79 bits per heavy atom. The van der Waals surface area contributed by atoms with Gasteiger partial charge in [0.2, 0.25) is 0 Å². The molecule has 0 heterocycles. The molecular formula is C18H23N. The first-order valence-corrected chi connectivity index (χ1v) is 7.50. The molecule has 2 aromatic rings. The molecule has 3 rings (SSSR count). The number of rotatable bonds is 3. The maximum absolute atomic E-state index is 3.46. The molecule has 1 saturated carbocycles. The summed E-state index contributed by atoms with van der Waals surface area (Å²) in [4.78, 5) is 0. The van der Waals surface area contributed by atoms with Gasteiger partial charge in [0.1, 0.15) is 0 Å². The third-order valence-electron chi connectivity index (χ3n) is 4.58. The lowest BCUT2D eigenvalue weighted by Crippen LogP contribution is -2.31. The van der Waals surface area contributed by atoms with E-state index in [2.05, 4.69) is 54.8 Å². The molecule has 1 fully saturated rings. The van der Waals surface area contributed by atoms with Crippen LogP contribution in [0.3, 0.4) is 0 Å². The second kappa shape index (κ2) is 5.75. The van der Waals surface area contributed by atoms with E-state index in [0.29, 0.717) is 0 Å². The van der Waals surface area contributed by atoms with Crippen molar-refractivity contribution in [3.05, 3.63) is 48.0 Å². The molecule has 2 aromatic carbocycles. The van der Waals surface area contributed by atoms with Gasteiger partial charge in [-0.15, -0.1) is 0 Å². The molecule has 0 spiro atoms. The van der Waals surface area contributed by atoms with E-state index in [1.54, 1.807) is 0 Å². The van der Waals surface area contributed by atoms with Crippen molar-refractivity contribution in [1.29, 1.82) is 0 Å². The van der Waals surface area contributed by atoms with E-state index in [4.69, 9.17) is 0 Å². The molecule has 1 aliphatic rings. The van der Waals surface area contributed by atoms with Crippen LogP contribution in [0.2, 0.25) is 0 Å². The molecule has 0 radical (unpaired) electrons. The highest BCUT2D eigenvalue weighted by Gasteiger charge is 2.21. The second-order valence-electron chi connectivity index (χ2n) is 5.86. The molecule has 0 saturated heterocycles. The topological polar surface area (TPSA) is 12.0 Å². The zero-order valence-corrected chi connectivity index (χ0v) is 11.7. The van der Waals surface area contributed by atoms with E-state index < -0.39 is 0 Å². The van der Waals surface area contributed by atoms with Gasteiger partial charge in [0, 0.05) is 6.04 Å². The normalized spacial score (nSPS) is 23.6. The first-order chi connectivity index (χ1) is 9.36. The summed E-state index contributed by atoms with van der Waals surface area (Å²) in [6, 6.07) is 16.2. The number of hydrogen-bond acceptors (Lipinski definition) is 1. The van der Waals surface area contributed by atoms with Gasteiger partial charge < -0.3 is 5.32 Å². The van der Waals surface area contributed by atoms with Gasteiger partial charge in [0.25, 0.3) is 0 Å². The zero-order chi connectivity index (χ0) is 13.1. The van der Waals surface area contributed by atoms with Gasteiger partial charge in [-0.1, -0.05) is 55.3 Å². The Balaban J connectivity index is 1.81. The summed E-state index contributed by atoms with van der Waals surface area (Å²) < 4.78 is 0. The van der Waals surface area contributed by atoms with E-state index in [1.165, 1.54) is 48.4 Å². The van der Waals surface area contributed by atoms with Crippen molar-refractivity contribution in [3.63, 3.8) is 0 Å². The van der Waals surface area contributed by atoms with Gasteiger partial charge in [0.15, 0.2) is 0 Å². The highest BCUT2D eigenvalue weighted by Crippen LogP contribution is 2.29. The fourth-order valence-electron chi connectivity index (χ4n) is 3.52. The number of nitrogens with one attached hydrogen (secondary N) is 1. The summed E-state index contributed by atoms with van der Waals surface area (Å²) >= 11 is 0. The molecule has 0 bridgehead atoms. The Hall–Kier alpha value is -1.34. The van der Waals surface area contributed by atoms with E-state index in [1.807, 2.05) is 0 Å². The maximum atomic E-state index is 3.46. The van der Waals surface area contributed by atoms with Crippen LogP contribution in [0.25, 0.3) is 10.8 Å². The third kappa shape index (κ3) is 2.82. The predicted octanol–water partition coefficient (Wildman–Crippen LogP) is 4.16. The average Bonchev–Trinajstić information content (AvgIpc) is 2.48. The lowest BCUT2D eigenvalue weighted by atomic mass is 9.81. The van der Waals surface area contributed by atoms with Crippen molar-refractivity contribution >= 4 is 10.8 Å². The van der Waals surface area contributed by atoms with E-state index >= 15 is 0 Å². The SMILES string of the molecule is CNC1CCCC(Cc2cccc3ccccc23)C1. The van der Waals surface area contributed by atoms with Gasteiger partial charge >= 0.3 is 0 Å². The van der Waals surface area contributed by atoms with Gasteiger partial charge in [0.05, 0.1) is 0 Å². The number of benzene rings is 2. The van der Waals surface area contributed by atoms with Crippen LogP contribution in [-0.4, -0.2) is 13.1 Å². The van der Waals surface area contributed by atoms with Gasteiger partial charge in [-0.2, -0.15) is 0 Å². The largest absolute Gasteiger partial charge is 0.317 e. The molecule has 1 heteroatoms. The van der Waals surface area contributed by atoms with Crippen LogP contribution in [0, 0.1) is 5.92 Å². The van der Waals surface area contributed by atoms with Crippen LogP contribution in [-0.2, 0) is 6.42 Å². The van der Waals surface area contributed by atoms with Crippen LogP contribution in [0.4, 0.5) is 0 Å². The van der Waals surface area contributed by atoms with Crippen LogP contribution in [0.5, 0.6) is 0 Å². The molecule has 19 heavy (non-hydrogen) atoms. The van der Waals surface area contributed by atoms with Crippen LogP contribution in [0.1, 0.15) is 31.2 Å². The minimum Gasteiger partial charge on any atom is -0.317 e. The highest BCUT2D eigenvalue weighted by molar-refractivity contribution is 5.85. The van der Waals surface area contributed by atoms with E-state index in [9.17, 15) is 0 Å². The quantitative estimate of drug-likeness (QED) is 0.866. The zero-order valence-electron chi connectivity index (χ0n) is 11.7. The Morgan fingerprint density at radius 2 is 1.89 bits per heavy atom.